The van der Waals surface area contributed by atoms with Crippen molar-refractivity contribution in [2.75, 3.05) is 0 Å². The molecule has 28 heavy (non-hydrogen) atoms. The summed E-state index contributed by atoms with van der Waals surface area (Å²) >= 11 is 3.51. The predicted octanol–water partition coefficient (Wildman–Crippen LogP) is 7.44. The molecule has 5 rings (SSSR count). The number of hydrogen-bond acceptors (Lipinski definition) is 1. The van der Waals surface area contributed by atoms with E-state index in [0.29, 0.717) is 17.1 Å². The Morgan fingerprint density at radius 2 is 1.75 bits per heavy atom. The third-order valence-electron chi connectivity index (χ3n) is 9.43. The molecular weight excluding hydrogens is 408 g/mol. The molecule has 0 N–H and O–H groups in total. The second-order valence-corrected chi connectivity index (χ2v) is 11.5. The summed E-state index contributed by atoms with van der Waals surface area (Å²) < 4.78 is 1.09. The highest BCUT2D eigenvalue weighted by Gasteiger charge is 2.60. The number of allylic oxidation sites excluding steroid dienone is 1. The van der Waals surface area contributed by atoms with Gasteiger partial charge in [-0.05, 0) is 103 Å². The maximum Gasteiger partial charge on any atom is 0.165 e. The van der Waals surface area contributed by atoms with E-state index in [2.05, 4.69) is 60.1 Å². The van der Waals surface area contributed by atoms with E-state index in [9.17, 15) is 4.79 Å². The van der Waals surface area contributed by atoms with Gasteiger partial charge in [-0.3, -0.25) is 4.79 Å². The lowest BCUT2D eigenvalue weighted by Gasteiger charge is -2.59. The molecular formula is C26H33BrO. The van der Waals surface area contributed by atoms with Crippen LogP contribution in [0.2, 0.25) is 0 Å². The normalized spacial score (nSPS) is 44.1. The Balaban J connectivity index is 1.45. The van der Waals surface area contributed by atoms with E-state index in [0.717, 1.165) is 46.2 Å². The first-order valence-corrected chi connectivity index (χ1v) is 12.2. The standard InChI is InChI=1S/C26H33BrO/c1-25-13-4-3-5-19(25)8-11-21-22(25)12-14-26(2)23(21)16-18(24(26)28)15-17-6-9-20(27)10-7-17/h6-7,9-10,15,19,21-23H,3-5,8,11-14,16H2,1-2H3. The van der Waals surface area contributed by atoms with E-state index in [4.69, 9.17) is 0 Å². The van der Waals surface area contributed by atoms with E-state index in [1.54, 1.807) is 0 Å². The number of carbonyl (C=O) groups excluding carboxylic acids is 1. The number of ketones is 1. The Kier molecular flexibility index (Phi) is 4.66. The van der Waals surface area contributed by atoms with Gasteiger partial charge in [0.25, 0.3) is 0 Å². The molecule has 4 aliphatic carbocycles. The molecule has 0 bridgehead atoms. The molecule has 0 saturated heterocycles. The first-order chi connectivity index (χ1) is 13.4. The van der Waals surface area contributed by atoms with Gasteiger partial charge in [0.05, 0.1) is 0 Å². The van der Waals surface area contributed by atoms with E-state index in [1.165, 1.54) is 44.9 Å². The first-order valence-electron chi connectivity index (χ1n) is 11.4. The van der Waals surface area contributed by atoms with E-state index >= 15 is 0 Å². The third-order valence-corrected chi connectivity index (χ3v) is 9.96. The predicted molar refractivity (Wildman–Crippen MR) is 119 cm³/mol. The number of carbonyl (C=O) groups is 1. The summed E-state index contributed by atoms with van der Waals surface area (Å²) in [7, 11) is 0. The van der Waals surface area contributed by atoms with Crippen molar-refractivity contribution in [3.05, 3.63) is 39.9 Å². The molecule has 4 fully saturated rings. The van der Waals surface area contributed by atoms with Crippen LogP contribution in [0.25, 0.3) is 6.08 Å². The van der Waals surface area contributed by atoms with Gasteiger partial charge in [-0.15, -0.1) is 0 Å². The summed E-state index contributed by atoms with van der Waals surface area (Å²) in [6.07, 6.45) is 14.1. The fraction of sp³-hybridized carbons (Fsp3) is 0.654. The van der Waals surface area contributed by atoms with E-state index in [-0.39, 0.29) is 5.41 Å². The van der Waals surface area contributed by atoms with E-state index in [1.807, 2.05) is 0 Å². The van der Waals surface area contributed by atoms with Crippen LogP contribution >= 0.6 is 15.9 Å². The van der Waals surface area contributed by atoms with Gasteiger partial charge in [-0.2, -0.15) is 0 Å². The van der Waals surface area contributed by atoms with Crippen molar-refractivity contribution in [3.63, 3.8) is 0 Å². The molecule has 1 aromatic carbocycles. The molecule has 150 valence electrons. The Morgan fingerprint density at radius 1 is 0.964 bits per heavy atom. The van der Waals surface area contributed by atoms with Crippen LogP contribution in [-0.4, -0.2) is 5.78 Å². The van der Waals surface area contributed by atoms with Gasteiger partial charge in [-0.1, -0.05) is 54.8 Å². The smallest absolute Gasteiger partial charge is 0.165 e. The highest BCUT2D eigenvalue weighted by Crippen LogP contribution is 2.66. The van der Waals surface area contributed by atoms with Crippen LogP contribution in [0.4, 0.5) is 0 Å². The van der Waals surface area contributed by atoms with Crippen molar-refractivity contribution in [2.24, 2.45) is 34.5 Å². The number of Topliss-reactive ketones (excluding diaryl/α,β-unsaturated/α-hetero) is 1. The molecule has 4 aliphatic rings. The molecule has 1 aromatic rings. The highest BCUT2D eigenvalue weighted by atomic mass is 79.9. The third kappa shape index (κ3) is 2.81. The second kappa shape index (κ2) is 6.83. The number of benzene rings is 1. The van der Waals surface area contributed by atoms with Crippen molar-refractivity contribution < 1.29 is 4.79 Å². The Bertz CT molecular complexity index is 808. The van der Waals surface area contributed by atoms with Crippen molar-refractivity contribution in [1.82, 2.24) is 0 Å². The van der Waals surface area contributed by atoms with Gasteiger partial charge in [0.1, 0.15) is 0 Å². The summed E-state index contributed by atoms with van der Waals surface area (Å²) in [4.78, 5) is 13.5. The molecule has 0 aliphatic heterocycles. The highest BCUT2D eigenvalue weighted by molar-refractivity contribution is 9.10. The lowest BCUT2D eigenvalue weighted by atomic mass is 9.45. The van der Waals surface area contributed by atoms with Crippen LogP contribution in [0, 0.1) is 34.5 Å². The molecule has 6 atom stereocenters. The zero-order valence-electron chi connectivity index (χ0n) is 17.3. The molecule has 4 saturated carbocycles. The van der Waals surface area contributed by atoms with Crippen LogP contribution in [0.5, 0.6) is 0 Å². The average Bonchev–Trinajstić information content (AvgIpc) is 2.94. The van der Waals surface area contributed by atoms with Gasteiger partial charge in [0, 0.05) is 9.89 Å². The fourth-order valence-electron chi connectivity index (χ4n) is 7.85. The summed E-state index contributed by atoms with van der Waals surface area (Å²) in [6.45, 7) is 4.92. The van der Waals surface area contributed by atoms with Gasteiger partial charge < -0.3 is 0 Å². The Morgan fingerprint density at radius 3 is 2.54 bits per heavy atom. The van der Waals surface area contributed by atoms with E-state index < -0.39 is 0 Å². The Hall–Kier alpha value is -0.890. The molecule has 0 heterocycles. The zero-order valence-corrected chi connectivity index (χ0v) is 18.9. The van der Waals surface area contributed by atoms with Crippen LogP contribution in [-0.2, 0) is 4.79 Å². The maximum atomic E-state index is 13.5. The van der Waals surface area contributed by atoms with Gasteiger partial charge in [0.2, 0.25) is 0 Å². The molecule has 0 spiro atoms. The van der Waals surface area contributed by atoms with Crippen molar-refractivity contribution >= 4 is 27.8 Å². The summed E-state index contributed by atoms with van der Waals surface area (Å²) in [5.74, 6) is 3.58. The zero-order chi connectivity index (χ0) is 19.5. The number of hydrogen-bond donors (Lipinski definition) is 0. The molecule has 0 amide bonds. The summed E-state index contributed by atoms with van der Waals surface area (Å²) in [6, 6.07) is 8.38. The van der Waals surface area contributed by atoms with Crippen LogP contribution < -0.4 is 0 Å². The molecule has 6 unspecified atom stereocenters. The number of halogens is 1. The second-order valence-electron chi connectivity index (χ2n) is 10.6. The summed E-state index contributed by atoms with van der Waals surface area (Å²) in [5, 5.41) is 0. The van der Waals surface area contributed by atoms with Gasteiger partial charge in [-0.25, -0.2) is 0 Å². The number of rotatable bonds is 1. The minimum Gasteiger partial charge on any atom is -0.294 e. The largest absolute Gasteiger partial charge is 0.294 e. The molecule has 0 aromatic heterocycles. The van der Waals surface area contributed by atoms with Gasteiger partial charge in [0.15, 0.2) is 5.78 Å². The Labute approximate surface area is 178 Å². The lowest BCUT2D eigenvalue weighted by Crippen LogP contribution is -2.52. The lowest BCUT2D eigenvalue weighted by molar-refractivity contribution is -0.137. The van der Waals surface area contributed by atoms with Gasteiger partial charge >= 0.3 is 0 Å². The summed E-state index contributed by atoms with van der Waals surface area (Å²) in [5.41, 5.74) is 2.68. The SMILES string of the molecule is CC12CCC3C(CCC4CCCCC43C)C1CC(=Cc1ccc(Br)cc1)C2=O. The molecule has 0 radical (unpaired) electrons. The topological polar surface area (TPSA) is 17.1 Å². The first kappa shape index (κ1) is 19.1. The van der Waals surface area contributed by atoms with Crippen LogP contribution in [0.3, 0.4) is 0 Å². The minimum atomic E-state index is -0.111. The van der Waals surface area contributed by atoms with Crippen molar-refractivity contribution in [1.29, 1.82) is 0 Å². The minimum absolute atomic E-state index is 0.111. The van der Waals surface area contributed by atoms with Crippen molar-refractivity contribution in [2.45, 2.75) is 71.6 Å². The van der Waals surface area contributed by atoms with Crippen LogP contribution in [0.1, 0.15) is 77.2 Å². The van der Waals surface area contributed by atoms with Crippen molar-refractivity contribution in [3.8, 4) is 0 Å². The average molecular weight is 441 g/mol. The quantitative estimate of drug-likeness (QED) is 0.414. The maximum absolute atomic E-state index is 13.5. The fourth-order valence-corrected chi connectivity index (χ4v) is 8.12. The number of fused-ring (bicyclic) bond motifs is 5. The van der Waals surface area contributed by atoms with Crippen LogP contribution in [0.15, 0.2) is 34.3 Å². The molecule has 1 nitrogen and oxygen atoms in total. The molecule has 2 heteroatoms. The monoisotopic (exact) mass is 440 g/mol.